The van der Waals surface area contributed by atoms with Crippen LogP contribution in [0, 0.1) is 10.1 Å². The first-order valence-electron chi connectivity index (χ1n) is 4.96. The van der Waals surface area contributed by atoms with Crippen LogP contribution in [0.5, 0.6) is 5.75 Å². The van der Waals surface area contributed by atoms with E-state index in [4.69, 9.17) is 9.26 Å². The van der Waals surface area contributed by atoms with Crippen LogP contribution < -0.4 is 4.74 Å². The van der Waals surface area contributed by atoms with E-state index in [0.717, 1.165) is 6.07 Å². The number of hydrogen-bond acceptors (Lipinski definition) is 6. The van der Waals surface area contributed by atoms with Crippen LogP contribution in [0.4, 0.5) is 5.69 Å². The maximum absolute atomic E-state index is 10.8. The molecule has 0 saturated carbocycles. The van der Waals surface area contributed by atoms with Crippen LogP contribution >= 0.6 is 0 Å². The standard InChI is InChI=1S/C11H8N2O5/c14-6-8-1-2-11(10(5-8)13(15)16)17-7-9-3-4-12-18-9/h1-6H,7H2. The van der Waals surface area contributed by atoms with Gasteiger partial charge in [-0.2, -0.15) is 0 Å². The predicted octanol–water partition coefficient (Wildman–Crippen LogP) is 1.97. The van der Waals surface area contributed by atoms with Gasteiger partial charge in [-0.15, -0.1) is 0 Å². The summed E-state index contributed by atoms with van der Waals surface area (Å²) in [5.74, 6) is 0.519. The molecule has 7 heteroatoms. The second-order valence-corrected chi connectivity index (χ2v) is 3.37. The highest BCUT2D eigenvalue weighted by Gasteiger charge is 2.16. The van der Waals surface area contributed by atoms with E-state index >= 15 is 0 Å². The van der Waals surface area contributed by atoms with Crippen molar-refractivity contribution < 1.29 is 19.0 Å². The Hall–Kier alpha value is -2.70. The van der Waals surface area contributed by atoms with E-state index in [1.54, 1.807) is 6.07 Å². The number of nitro groups is 1. The summed E-state index contributed by atoms with van der Waals surface area (Å²) in [6.45, 7) is 0.0290. The molecule has 0 N–H and O–H groups in total. The fourth-order valence-corrected chi connectivity index (χ4v) is 1.34. The molecule has 1 heterocycles. The fraction of sp³-hybridized carbons (Fsp3) is 0.0909. The highest BCUT2D eigenvalue weighted by atomic mass is 16.6. The summed E-state index contributed by atoms with van der Waals surface area (Å²) in [6.07, 6.45) is 1.98. The van der Waals surface area contributed by atoms with Crippen LogP contribution in [0.2, 0.25) is 0 Å². The molecule has 1 aromatic carbocycles. The van der Waals surface area contributed by atoms with Crippen molar-refractivity contribution in [3.05, 3.63) is 51.9 Å². The summed E-state index contributed by atoms with van der Waals surface area (Å²) < 4.78 is 10.1. The SMILES string of the molecule is O=Cc1ccc(OCc2ccno2)c([N+](=O)[O-])c1. The van der Waals surface area contributed by atoms with Crippen molar-refractivity contribution in [1.82, 2.24) is 5.16 Å². The first kappa shape index (κ1) is 11.8. The van der Waals surface area contributed by atoms with E-state index in [1.165, 1.54) is 18.3 Å². The first-order chi connectivity index (χ1) is 8.70. The minimum Gasteiger partial charge on any atom is -0.479 e. The molecule has 18 heavy (non-hydrogen) atoms. The van der Waals surface area contributed by atoms with E-state index < -0.39 is 4.92 Å². The van der Waals surface area contributed by atoms with Gasteiger partial charge in [0.25, 0.3) is 0 Å². The van der Waals surface area contributed by atoms with E-state index in [-0.39, 0.29) is 23.6 Å². The first-order valence-corrected chi connectivity index (χ1v) is 4.96. The zero-order valence-electron chi connectivity index (χ0n) is 9.11. The van der Waals surface area contributed by atoms with Crippen molar-refractivity contribution in [1.29, 1.82) is 0 Å². The lowest BCUT2D eigenvalue weighted by Crippen LogP contribution is -1.99. The molecule has 92 valence electrons. The lowest BCUT2D eigenvalue weighted by Gasteiger charge is -2.04. The van der Waals surface area contributed by atoms with Gasteiger partial charge in [0.2, 0.25) is 0 Å². The summed E-state index contributed by atoms with van der Waals surface area (Å²) >= 11 is 0. The van der Waals surface area contributed by atoms with E-state index in [2.05, 4.69) is 5.16 Å². The molecule has 0 aliphatic carbocycles. The fourth-order valence-electron chi connectivity index (χ4n) is 1.34. The normalized spacial score (nSPS) is 10.0. The van der Waals surface area contributed by atoms with Crippen molar-refractivity contribution in [2.24, 2.45) is 0 Å². The van der Waals surface area contributed by atoms with Gasteiger partial charge in [-0.05, 0) is 12.1 Å². The molecule has 0 radical (unpaired) electrons. The maximum Gasteiger partial charge on any atom is 0.311 e. The Labute approximate surface area is 101 Å². The summed E-state index contributed by atoms with van der Waals surface area (Å²) in [6, 6.07) is 5.56. The molecule has 0 atom stereocenters. The Bertz CT molecular complexity index is 565. The van der Waals surface area contributed by atoms with Gasteiger partial charge < -0.3 is 9.26 Å². The molecule has 0 bridgehead atoms. The number of ether oxygens (including phenoxy) is 1. The zero-order chi connectivity index (χ0) is 13.0. The number of nitro benzene ring substituents is 1. The number of aromatic nitrogens is 1. The lowest BCUT2D eigenvalue weighted by molar-refractivity contribution is -0.386. The van der Waals surface area contributed by atoms with Crippen molar-refractivity contribution in [2.75, 3.05) is 0 Å². The molecule has 0 saturated heterocycles. The molecular weight excluding hydrogens is 240 g/mol. The molecule has 0 spiro atoms. The van der Waals surface area contributed by atoms with E-state index in [1.807, 2.05) is 0 Å². The average molecular weight is 248 g/mol. The highest BCUT2D eigenvalue weighted by Crippen LogP contribution is 2.28. The number of carbonyl (C=O) groups excluding carboxylic acids is 1. The molecule has 0 aliphatic rings. The topological polar surface area (TPSA) is 95.5 Å². The third kappa shape index (κ3) is 2.51. The second kappa shape index (κ2) is 5.09. The quantitative estimate of drug-likeness (QED) is 0.456. The third-order valence-electron chi connectivity index (χ3n) is 2.18. The number of rotatable bonds is 5. The molecule has 2 aromatic rings. The Morgan fingerprint density at radius 1 is 1.44 bits per heavy atom. The van der Waals surface area contributed by atoms with Crippen LogP contribution in [-0.4, -0.2) is 16.4 Å². The summed E-state index contributed by atoms with van der Waals surface area (Å²) in [4.78, 5) is 20.8. The van der Waals surface area contributed by atoms with Crippen LogP contribution in [-0.2, 0) is 6.61 Å². The van der Waals surface area contributed by atoms with Gasteiger partial charge in [-0.1, -0.05) is 5.16 Å². The van der Waals surface area contributed by atoms with E-state index in [9.17, 15) is 14.9 Å². The van der Waals surface area contributed by atoms with Crippen molar-refractivity contribution in [2.45, 2.75) is 6.61 Å². The smallest absolute Gasteiger partial charge is 0.311 e. The van der Waals surface area contributed by atoms with Gasteiger partial charge in [-0.3, -0.25) is 14.9 Å². The average Bonchev–Trinajstić information content (AvgIpc) is 2.89. The molecule has 7 nitrogen and oxygen atoms in total. The molecule has 0 aliphatic heterocycles. The number of carbonyl (C=O) groups is 1. The van der Waals surface area contributed by atoms with Gasteiger partial charge in [0.15, 0.2) is 11.5 Å². The van der Waals surface area contributed by atoms with Crippen LogP contribution in [0.15, 0.2) is 35.0 Å². The van der Waals surface area contributed by atoms with Crippen LogP contribution in [0.1, 0.15) is 16.1 Å². The summed E-state index contributed by atoms with van der Waals surface area (Å²) in [5, 5.41) is 14.3. The van der Waals surface area contributed by atoms with Crippen molar-refractivity contribution in [3.63, 3.8) is 0 Å². The Morgan fingerprint density at radius 3 is 2.89 bits per heavy atom. The molecule has 0 unspecified atom stereocenters. The molecule has 2 rings (SSSR count). The van der Waals surface area contributed by atoms with Gasteiger partial charge in [0, 0.05) is 17.7 Å². The minimum absolute atomic E-state index is 0.0290. The predicted molar refractivity (Wildman–Crippen MR) is 59.3 cm³/mol. The molecule has 0 amide bonds. The number of aldehydes is 1. The second-order valence-electron chi connectivity index (χ2n) is 3.37. The minimum atomic E-state index is -0.608. The van der Waals surface area contributed by atoms with Gasteiger partial charge in [0.05, 0.1) is 11.1 Å². The Kier molecular flexibility index (Phi) is 3.33. The number of benzene rings is 1. The van der Waals surface area contributed by atoms with Crippen LogP contribution in [0.3, 0.4) is 0 Å². The largest absolute Gasteiger partial charge is 0.479 e. The Morgan fingerprint density at radius 2 is 2.28 bits per heavy atom. The molecule has 1 aromatic heterocycles. The van der Waals surface area contributed by atoms with Crippen molar-refractivity contribution in [3.8, 4) is 5.75 Å². The third-order valence-corrected chi connectivity index (χ3v) is 2.18. The van der Waals surface area contributed by atoms with Gasteiger partial charge in [0.1, 0.15) is 12.9 Å². The number of nitrogens with zero attached hydrogens (tertiary/aromatic N) is 2. The summed E-state index contributed by atoms with van der Waals surface area (Å²) in [5.41, 5.74) is -0.0483. The van der Waals surface area contributed by atoms with Gasteiger partial charge >= 0.3 is 5.69 Å². The lowest BCUT2D eigenvalue weighted by atomic mass is 10.2. The highest BCUT2D eigenvalue weighted by molar-refractivity contribution is 5.77. The Balaban J connectivity index is 2.21. The van der Waals surface area contributed by atoms with Gasteiger partial charge in [-0.25, -0.2) is 0 Å². The number of hydrogen-bond donors (Lipinski definition) is 0. The van der Waals surface area contributed by atoms with E-state index in [0.29, 0.717) is 12.0 Å². The maximum atomic E-state index is 10.8. The molecular formula is C11H8N2O5. The van der Waals surface area contributed by atoms with Crippen LogP contribution in [0.25, 0.3) is 0 Å². The monoisotopic (exact) mass is 248 g/mol. The van der Waals surface area contributed by atoms with Crippen molar-refractivity contribution >= 4 is 12.0 Å². The summed E-state index contributed by atoms with van der Waals surface area (Å²) in [7, 11) is 0. The zero-order valence-corrected chi connectivity index (χ0v) is 9.11. The molecule has 0 fully saturated rings.